The van der Waals surface area contributed by atoms with Crippen molar-refractivity contribution < 1.29 is 24.2 Å². The van der Waals surface area contributed by atoms with Crippen LogP contribution in [0.5, 0.6) is 0 Å². The maximum Gasteiger partial charge on any atom is 0.249 e. The van der Waals surface area contributed by atoms with Crippen molar-refractivity contribution in [3.05, 3.63) is 60.2 Å². The Labute approximate surface area is 256 Å². The smallest absolute Gasteiger partial charge is 0.249 e. The van der Waals surface area contributed by atoms with Gasteiger partial charge in [0, 0.05) is 25.2 Å². The zero-order valence-electron chi connectivity index (χ0n) is 27.0. The van der Waals surface area contributed by atoms with Crippen LogP contribution in [0, 0.1) is 23.2 Å². The first-order chi connectivity index (χ1) is 20.1. The molecule has 1 unspecified atom stereocenters. The summed E-state index contributed by atoms with van der Waals surface area (Å²) in [5.74, 6) is -2.52. The van der Waals surface area contributed by atoms with Crippen LogP contribution in [-0.2, 0) is 25.7 Å². The molecular formula is C35H49N3O5. The number of rotatable bonds is 7. The fraction of sp³-hybridized carbons (Fsp3) is 0.629. The molecule has 0 radical (unpaired) electrons. The second-order valence-electron chi connectivity index (χ2n) is 15.2. The van der Waals surface area contributed by atoms with Crippen molar-refractivity contribution in [2.75, 3.05) is 19.7 Å². The fourth-order valence-corrected chi connectivity index (χ4v) is 8.37. The van der Waals surface area contributed by atoms with E-state index in [1.54, 1.807) is 9.80 Å². The Morgan fingerprint density at radius 1 is 0.930 bits per heavy atom. The minimum atomic E-state index is -1.35. The van der Waals surface area contributed by atoms with Crippen LogP contribution in [0.4, 0.5) is 0 Å². The van der Waals surface area contributed by atoms with Gasteiger partial charge in [-0.15, -0.1) is 0 Å². The van der Waals surface area contributed by atoms with Crippen molar-refractivity contribution in [3.8, 4) is 0 Å². The lowest BCUT2D eigenvalue weighted by Gasteiger charge is -2.46. The first kappa shape index (κ1) is 31.5. The largest absolute Gasteiger partial charge is 0.394 e. The van der Waals surface area contributed by atoms with E-state index in [1.165, 1.54) is 0 Å². The molecule has 4 aliphatic rings. The molecule has 43 heavy (non-hydrogen) atoms. The molecule has 1 spiro atoms. The third kappa shape index (κ3) is 5.24. The number of aliphatic hydroxyl groups excluding tert-OH is 1. The molecule has 8 heteroatoms. The Morgan fingerprint density at radius 3 is 2.19 bits per heavy atom. The van der Waals surface area contributed by atoms with E-state index in [4.69, 9.17) is 4.74 Å². The second kappa shape index (κ2) is 10.9. The van der Waals surface area contributed by atoms with E-state index in [-0.39, 0.29) is 35.7 Å². The first-order valence-electron chi connectivity index (χ1n) is 15.7. The van der Waals surface area contributed by atoms with Crippen LogP contribution in [0.1, 0.15) is 67.4 Å². The molecule has 5 rings (SSSR count). The number of carbonyl (C=O) groups excluding carboxylic acids is 3. The van der Waals surface area contributed by atoms with Crippen LogP contribution in [0.2, 0.25) is 0 Å². The third-order valence-electron chi connectivity index (χ3n) is 9.80. The molecule has 0 saturated carbocycles. The van der Waals surface area contributed by atoms with E-state index in [0.29, 0.717) is 19.6 Å². The number of nitrogens with zero attached hydrogens (tertiary/aromatic N) is 3. The predicted molar refractivity (Wildman–Crippen MR) is 166 cm³/mol. The number of amides is 3. The van der Waals surface area contributed by atoms with Gasteiger partial charge in [0.1, 0.15) is 11.6 Å². The van der Waals surface area contributed by atoms with Gasteiger partial charge >= 0.3 is 0 Å². The predicted octanol–water partition coefficient (Wildman–Crippen LogP) is 4.19. The molecule has 1 aromatic rings. The number of ether oxygens (including phenoxy) is 1. The number of carbonyl (C=O) groups is 3. The van der Waals surface area contributed by atoms with Crippen LogP contribution in [0.3, 0.4) is 0 Å². The highest BCUT2D eigenvalue weighted by molar-refractivity contribution is 6.00. The van der Waals surface area contributed by atoms with Crippen molar-refractivity contribution in [3.63, 3.8) is 0 Å². The Kier molecular flexibility index (Phi) is 7.96. The van der Waals surface area contributed by atoms with Gasteiger partial charge in [-0.25, -0.2) is 0 Å². The standard InChI is InChI=1S/C35H49N3O5/c1-23(2)25(21-39)38-28-31(42)37(33(6,7)22-32(3,4)5)19-13-17-35(28)27(30(38)41)26-29(40)36(18-12-16-34(26,8)43-35)20-24-14-10-9-11-15-24/h9-17,23,25-28,39H,18-22H2,1-8H3/t25-,26+,27-,28?,34-,35-/m0/s1. The van der Waals surface area contributed by atoms with E-state index in [0.717, 1.165) is 12.0 Å². The normalized spacial score (nSPS) is 31.7. The molecule has 3 amide bonds. The summed E-state index contributed by atoms with van der Waals surface area (Å²) >= 11 is 0. The Bertz CT molecular complexity index is 1310. The number of fused-ring (bicyclic) bond motifs is 2. The van der Waals surface area contributed by atoms with Gasteiger partial charge in [0.15, 0.2) is 0 Å². The Balaban J connectivity index is 1.63. The average Bonchev–Trinajstić information content (AvgIpc) is 3.16. The van der Waals surface area contributed by atoms with Gasteiger partial charge in [0.25, 0.3) is 0 Å². The summed E-state index contributed by atoms with van der Waals surface area (Å²) in [6, 6.07) is 8.21. The Morgan fingerprint density at radius 2 is 1.58 bits per heavy atom. The lowest BCUT2D eigenvalue weighted by atomic mass is 9.74. The van der Waals surface area contributed by atoms with Crippen LogP contribution in [-0.4, -0.2) is 86.0 Å². The molecule has 0 aliphatic carbocycles. The van der Waals surface area contributed by atoms with Crippen molar-refractivity contribution in [2.24, 2.45) is 23.2 Å². The molecule has 1 aromatic carbocycles. The average molecular weight is 592 g/mol. The van der Waals surface area contributed by atoms with Crippen molar-refractivity contribution in [1.29, 1.82) is 0 Å². The number of benzene rings is 1. The molecule has 8 nitrogen and oxygen atoms in total. The zero-order chi connectivity index (χ0) is 31.5. The maximum atomic E-state index is 14.9. The van der Waals surface area contributed by atoms with E-state index in [2.05, 4.69) is 34.6 Å². The fourth-order valence-electron chi connectivity index (χ4n) is 8.37. The van der Waals surface area contributed by atoms with E-state index >= 15 is 0 Å². The van der Waals surface area contributed by atoms with Gasteiger partial charge in [-0.3, -0.25) is 14.4 Å². The highest BCUT2D eigenvalue weighted by atomic mass is 16.5. The summed E-state index contributed by atoms with van der Waals surface area (Å²) in [7, 11) is 0. The molecule has 6 atom stereocenters. The third-order valence-corrected chi connectivity index (χ3v) is 9.80. The number of hydrogen-bond acceptors (Lipinski definition) is 5. The molecule has 0 aromatic heterocycles. The highest BCUT2D eigenvalue weighted by Crippen LogP contribution is 2.58. The number of hydrogen-bond donors (Lipinski definition) is 1. The van der Waals surface area contributed by atoms with Crippen LogP contribution in [0.15, 0.2) is 54.6 Å². The molecule has 2 saturated heterocycles. The lowest BCUT2D eigenvalue weighted by Crippen LogP contribution is -2.62. The summed E-state index contributed by atoms with van der Waals surface area (Å²) in [6.45, 7) is 17.3. The molecule has 0 bridgehead atoms. The van der Waals surface area contributed by atoms with Crippen LogP contribution >= 0.6 is 0 Å². The SMILES string of the molecule is CC(C)[C@H](CO)N1C(=O)[C@@H]2[C@@H]3C(=O)N(Cc4ccccc4)CC=C[C@]3(C)O[C@@]23C=CCN(C(C)(C)CC(C)(C)C)C(=O)C13. The highest BCUT2D eigenvalue weighted by Gasteiger charge is 2.75. The quantitative estimate of drug-likeness (QED) is 0.481. The first-order valence-corrected chi connectivity index (χ1v) is 15.7. The van der Waals surface area contributed by atoms with Gasteiger partial charge in [-0.05, 0) is 44.1 Å². The molecule has 4 heterocycles. The van der Waals surface area contributed by atoms with Gasteiger partial charge in [-0.2, -0.15) is 0 Å². The Hall–Kier alpha value is -2.97. The van der Waals surface area contributed by atoms with Crippen molar-refractivity contribution >= 4 is 17.7 Å². The summed E-state index contributed by atoms with van der Waals surface area (Å²) in [6.07, 6.45) is 8.45. The molecular weight excluding hydrogens is 542 g/mol. The summed E-state index contributed by atoms with van der Waals surface area (Å²) in [5, 5.41) is 10.6. The topological polar surface area (TPSA) is 90.4 Å². The summed E-state index contributed by atoms with van der Waals surface area (Å²) in [5.41, 5.74) is -1.99. The monoisotopic (exact) mass is 591 g/mol. The van der Waals surface area contributed by atoms with Crippen molar-refractivity contribution in [2.45, 2.75) is 97.2 Å². The molecule has 234 valence electrons. The minimum Gasteiger partial charge on any atom is -0.394 e. The van der Waals surface area contributed by atoms with E-state index in [1.807, 2.05) is 80.3 Å². The lowest BCUT2D eigenvalue weighted by molar-refractivity contribution is -0.160. The summed E-state index contributed by atoms with van der Waals surface area (Å²) < 4.78 is 6.99. The minimum absolute atomic E-state index is 0.0409. The molecule has 1 N–H and O–H groups in total. The van der Waals surface area contributed by atoms with Gasteiger partial charge in [-0.1, -0.05) is 89.3 Å². The number of aliphatic hydroxyl groups is 1. The van der Waals surface area contributed by atoms with Crippen molar-refractivity contribution in [1.82, 2.24) is 14.7 Å². The molecule has 2 fully saturated rings. The van der Waals surface area contributed by atoms with Gasteiger partial charge < -0.3 is 24.5 Å². The van der Waals surface area contributed by atoms with Gasteiger partial charge in [0.05, 0.1) is 30.1 Å². The second-order valence-corrected chi connectivity index (χ2v) is 15.2. The number of likely N-dealkylation sites (tertiary alicyclic amines) is 1. The van der Waals surface area contributed by atoms with Crippen LogP contribution < -0.4 is 0 Å². The summed E-state index contributed by atoms with van der Waals surface area (Å²) in [4.78, 5) is 49.3. The van der Waals surface area contributed by atoms with Gasteiger partial charge in [0.2, 0.25) is 17.7 Å². The zero-order valence-corrected chi connectivity index (χ0v) is 27.0. The molecule has 4 aliphatic heterocycles. The van der Waals surface area contributed by atoms with Crippen LogP contribution in [0.25, 0.3) is 0 Å². The van der Waals surface area contributed by atoms with E-state index < -0.39 is 40.7 Å². The van der Waals surface area contributed by atoms with E-state index in [9.17, 15) is 19.5 Å². The maximum absolute atomic E-state index is 14.9.